The molecule has 1 fully saturated rings. The summed E-state index contributed by atoms with van der Waals surface area (Å²) in [6.07, 6.45) is 6.91. The Morgan fingerprint density at radius 2 is 1.59 bits per heavy atom. The molecule has 0 aromatic carbocycles. The molecule has 2 rings (SSSR count). The topological polar surface area (TPSA) is 24.4 Å². The Hall–Kier alpha value is 1.30. The molecule has 2 aliphatic rings. The van der Waals surface area contributed by atoms with Gasteiger partial charge in [-0.05, 0) is 52.4 Å². The Balaban J connectivity index is 0.000000541. The molecule has 0 saturated heterocycles. The van der Waals surface area contributed by atoms with Gasteiger partial charge in [-0.1, -0.05) is 12.8 Å². The summed E-state index contributed by atoms with van der Waals surface area (Å²) >= 11 is -1.62. The number of nitrogens with one attached hydrogen (secondary N) is 1. The van der Waals surface area contributed by atoms with E-state index in [1.807, 2.05) is 0 Å². The second kappa shape index (κ2) is 11.0. The normalized spacial score (nSPS) is 25.0. The average Bonchev–Trinajstić information content (AvgIpc) is 2.76. The Morgan fingerprint density at radius 1 is 1.05 bits per heavy atom. The van der Waals surface area contributed by atoms with Crippen molar-refractivity contribution in [3.63, 3.8) is 0 Å². The van der Waals surface area contributed by atoms with Gasteiger partial charge >= 0.3 is 41.5 Å². The number of aliphatic imine (C=N–C) groups is 1. The second-order valence-corrected chi connectivity index (χ2v) is 16.6. The van der Waals surface area contributed by atoms with E-state index < -0.39 is 19.5 Å². The fourth-order valence-electron chi connectivity index (χ4n) is 3.59. The molecule has 0 aromatic rings. The third-order valence-electron chi connectivity index (χ3n) is 4.62. The van der Waals surface area contributed by atoms with Crippen molar-refractivity contribution < 1.29 is 11.4 Å². The molecule has 0 spiro atoms. The van der Waals surface area contributed by atoms with Crippen LogP contribution in [0.1, 0.15) is 59.8 Å². The second-order valence-electron chi connectivity index (χ2n) is 6.84. The maximum atomic E-state index is 4.93. The number of halogens is 3. The summed E-state index contributed by atoms with van der Waals surface area (Å²) in [6.45, 7) is 10.5. The SMILES string of the molecule is CC(C)[PH+](NC1=NCC2CCCC2CC1)C(C)C.[Cl][Cr]([Cl])[Cl]. The molecule has 2 unspecified atom stereocenters. The third-order valence-corrected chi connectivity index (χ3v) is 7.68. The van der Waals surface area contributed by atoms with E-state index in [0.29, 0.717) is 0 Å². The zero-order valence-corrected chi connectivity index (χ0v) is 18.6. The molecule has 0 radical (unpaired) electrons. The van der Waals surface area contributed by atoms with Crippen molar-refractivity contribution in [1.29, 1.82) is 0 Å². The third kappa shape index (κ3) is 7.92. The Morgan fingerprint density at radius 3 is 2.14 bits per heavy atom. The summed E-state index contributed by atoms with van der Waals surface area (Å²) in [6, 6.07) is 0. The molecule has 1 N–H and O–H groups in total. The van der Waals surface area contributed by atoms with Gasteiger partial charge in [0.25, 0.3) is 0 Å². The first-order chi connectivity index (χ1) is 10.3. The van der Waals surface area contributed by atoms with Gasteiger partial charge in [-0.2, -0.15) is 0 Å². The number of hydrogen-bond donors (Lipinski definition) is 1. The van der Waals surface area contributed by atoms with Gasteiger partial charge in [0, 0.05) is 13.0 Å². The molecule has 2 atom stereocenters. The van der Waals surface area contributed by atoms with Crippen molar-refractivity contribution in [1.82, 2.24) is 5.09 Å². The predicted octanol–water partition coefficient (Wildman–Crippen LogP) is 6.20. The molecule has 1 saturated carbocycles. The van der Waals surface area contributed by atoms with Crippen molar-refractivity contribution in [2.45, 2.75) is 71.1 Å². The van der Waals surface area contributed by atoms with Crippen LogP contribution in [0.2, 0.25) is 0 Å². The van der Waals surface area contributed by atoms with Crippen LogP contribution in [0.15, 0.2) is 4.99 Å². The Kier molecular flexibility index (Phi) is 10.7. The molecular formula is C15H30Cl3CrN2P+. The summed E-state index contributed by atoms with van der Waals surface area (Å²) in [5, 5.41) is 3.84. The monoisotopic (exact) mass is 426 g/mol. The van der Waals surface area contributed by atoms with E-state index in [-0.39, 0.29) is 0 Å². The molecule has 131 valence electrons. The fraction of sp³-hybridized carbons (Fsp3) is 0.933. The van der Waals surface area contributed by atoms with E-state index in [0.717, 1.165) is 29.7 Å². The number of hydrogen-bond acceptors (Lipinski definition) is 2. The van der Waals surface area contributed by atoms with Crippen LogP contribution in [-0.4, -0.2) is 23.7 Å². The van der Waals surface area contributed by atoms with E-state index in [9.17, 15) is 0 Å². The van der Waals surface area contributed by atoms with Gasteiger partial charge in [0.2, 0.25) is 0 Å². The summed E-state index contributed by atoms with van der Waals surface area (Å²) in [4.78, 5) is 4.90. The van der Waals surface area contributed by atoms with Gasteiger partial charge in [0.1, 0.15) is 5.84 Å². The van der Waals surface area contributed by atoms with Crippen LogP contribution in [-0.2, 0) is 11.4 Å². The molecule has 0 aromatic heterocycles. The van der Waals surface area contributed by atoms with Crippen molar-refractivity contribution in [2.75, 3.05) is 6.54 Å². The quantitative estimate of drug-likeness (QED) is 0.533. The zero-order chi connectivity index (χ0) is 16.7. The van der Waals surface area contributed by atoms with Gasteiger partial charge < -0.3 is 0 Å². The standard InChI is InChI=1S/C15H29N2P.3ClH.Cr/c1-11(2)18(12(3)4)17-15-9-8-13-6-5-7-14(13)10-16-15;;;;/h11-14H,5-10H2,1-4H3,(H,16,17);3*1H;/q;;;;+3/p-2. The van der Waals surface area contributed by atoms with Crippen LogP contribution in [0.3, 0.4) is 0 Å². The molecule has 0 bridgehead atoms. The van der Waals surface area contributed by atoms with Crippen LogP contribution in [0.4, 0.5) is 0 Å². The average molecular weight is 428 g/mol. The van der Waals surface area contributed by atoms with E-state index in [1.54, 1.807) is 0 Å². The minimum absolute atomic E-state index is 0.497. The van der Waals surface area contributed by atoms with E-state index in [2.05, 4.69) is 32.8 Å². The molecule has 7 heteroatoms. The first-order valence-electron chi connectivity index (χ1n) is 8.21. The van der Waals surface area contributed by atoms with E-state index >= 15 is 0 Å². The van der Waals surface area contributed by atoms with Crippen molar-refractivity contribution in [3.8, 4) is 0 Å². The van der Waals surface area contributed by atoms with Gasteiger partial charge in [0.05, 0.1) is 19.4 Å². The van der Waals surface area contributed by atoms with Crippen molar-refractivity contribution in [2.24, 2.45) is 16.8 Å². The van der Waals surface area contributed by atoms with Gasteiger partial charge in [0.15, 0.2) is 0 Å². The summed E-state index contributed by atoms with van der Waals surface area (Å²) in [7, 11) is 14.3. The molecular weight excluding hydrogens is 398 g/mol. The number of fused-ring (bicyclic) bond motifs is 1. The molecule has 1 heterocycles. The first kappa shape index (κ1) is 21.3. The van der Waals surface area contributed by atoms with Crippen LogP contribution < -0.4 is 5.09 Å². The Bertz CT molecular complexity index is 343. The number of amidine groups is 1. The minimum atomic E-state index is -1.62. The van der Waals surface area contributed by atoms with Gasteiger partial charge in [-0.25, -0.2) is 5.09 Å². The summed E-state index contributed by atoms with van der Waals surface area (Å²) < 4.78 is 0. The molecule has 22 heavy (non-hydrogen) atoms. The van der Waals surface area contributed by atoms with E-state index in [1.165, 1.54) is 37.9 Å². The number of nitrogens with zero attached hydrogens (tertiary/aromatic N) is 1. The van der Waals surface area contributed by atoms with Crippen LogP contribution in [0, 0.1) is 11.8 Å². The summed E-state index contributed by atoms with van der Waals surface area (Å²) in [5.41, 5.74) is 1.56. The molecule has 1 aliphatic heterocycles. The first-order valence-corrected chi connectivity index (χ1v) is 15.1. The fourth-order valence-corrected chi connectivity index (χ4v) is 6.03. The Labute approximate surface area is 154 Å². The molecule has 1 aliphatic carbocycles. The van der Waals surface area contributed by atoms with Crippen LogP contribution in [0.25, 0.3) is 0 Å². The van der Waals surface area contributed by atoms with Crippen molar-refractivity contribution >= 4 is 44.1 Å². The summed E-state index contributed by atoms with van der Waals surface area (Å²) in [5.74, 6) is 3.21. The molecule has 2 nitrogen and oxygen atoms in total. The predicted molar refractivity (Wildman–Crippen MR) is 102 cm³/mol. The van der Waals surface area contributed by atoms with Crippen LogP contribution in [0.5, 0.6) is 0 Å². The van der Waals surface area contributed by atoms with E-state index in [4.69, 9.17) is 35.1 Å². The van der Waals surface area contributed by atoms with Gasteiger partial charge in [-0.3, -0.25) is 4.99 Å². The molecule has 0 amide bonds. The maximum absolute atomic E-state index is 4.93. The van der Waals surface area contributed by atoms with Gasteiger partial charge in [-0.15, -0.1) is 0 Å². The number of rotatable bonds is 3. The van der Waals surface area contributed by atoms with Crippen LogP contribution >= 0.6 is 38.2 Å². The van der Waals surface area contributed by atoms with Crippen molar-refractivity contribution in [3.05, 3.63) is 0 Å². The zero-order valence-electron chi connectivity index (χ0n) is 14.0.